The molecule has 10 heteroatoms. The van der Waals surface area contributed by atoms with Crippen LogP contribution in [-0.2, 0) is 12.2 Å². The monoisotopic (exact) mass is 614 g/mol. The molecule has 10 nitrogen and oxygen atoms in total. The summed E-state index contributed by atoms with van der Waals surface area (Å²) in [7, 11) is 7.86. The highest BCUT2D eigenvalue weighted by molar-refractivity contribution is 5.68. The zero-order valence-electron chi connectivity index (χ0n) is 25.5. The number of aliphatic hydroxyl groups is 2. The van der Waals surface area contributed by atoms with Crippen LogP contribution in [0.1, 0.15) is 39.8 Å². The molecular weight excluding hydrogens is 580 g/mol. The number of benzene rings is 4. The lowest BCUT2D eigenvalue weighted by molar-refractivity contribution is -0.219. The highest BCUT2D eigenvalue weighted by Gasteiger charge is 2.60. The maximum Gasteiger partial charge on any atom is 0.305 e. The summed E-state index contributed by atoms with van der Waals surface area (Å²) in [6.07, 6.45) is -2.58. The standard InChI is InChI=1S/C35H34O10/c1-38-20-10-6-18(7-11-20)32-24(36)16-23-25(41-4)17-28-30(33(23)43-32)31-29-26(42-5)14-22(40-3)15-27(29)44-35(45-28,34(31)37)19-8-12-21(39-2)13-9-19/h6-15,17,24,31-32,34,36-37H,16H2,1-5H3/t24-,31-,32-,34-,35-/m1/s1. The lowest BCUT2D eigenvalue weighted by atomic mass is 9.74. The molecule has 2 bridgehead atoms. The van der Waals surface area contributed by atoms with Crippen LogP contribution in [0.25, 0.3) is 0 Å². The zero-order chi connectivity index (χ0) is 31.5. The lowest BCUT2D eigenvalue weighted by Gasteiger charge is -2.50. The molecular formula is C35H34O10. The molecule has 0 aliphatic carbocycles. The van der Waals surface area contributed by atoms with E-state index in [1.54, 1.807) is 78.0 Å². The van der Waals surface area contributed by atoms with E-state index in [0.717, 1.165) is 5.56 Å². The molecule has 0 unspecified atom stereocenters. The molecule has 0 amide bonds. The molecule has 3 aliphatic rings. The first kappa shape index (κ1) is 28.9. The third kappa shape index (κ3) is 4.39. The zero-order valence-corrected chi connectivity index (χ0v) is 25.5. The van der Waals surface area contributed by atoms with Crippen LogP contribution in [-0.4, -0.2) is 58.0 Å². The van der Waals surface area contributed by atoms with Gasteiger partial charge in [0.15, 0.2) is 0 Å². The SMILES string of the molecule is COc1ccc([C@H]2Oc3c(c(OC)cc4c3[C@H]3c5c(OC)cc(OC)cc5O[C@](c5ccc(OC)cc5)(O4)[C@@H]3O)C[C@H]2O)cc1. The first-order chi connectivity index (χ1) is 21.8. The maximum atomic E-state index is 12.4. The van der Waals surface area contributed by atoms with Gasteiger partial charge in [-0.25, -0.2) is 0 Å². The number of aliphatic hydroxyl groups excluding tert-OH is 2. The number of fused-ring (bicyclic) bond motifs is 8. The Kier molecular flexibility index (Phi) is 7.06. The summed E-state index contributed by atoms with van der Waals surface area (Å²) in [5, 5.41) is 23.7. The van der Waals surface area contributed by atoms with Gasteiger partial charge in [-0.1, -0.05) is 12.1 Å². The summed E-state index contributed by atoms with van der Waals surface area (Å²) in [5.74, 6) is 1.72. The van der Waals surface area contributed by atoms with Crippen molar-refractivity contribution in [1.82, 2.24) is 0 Å². The van der Waals surface area contributed by atoms with Crippen molar-refractivity contribution in [2.75, 3.05) is 35.5 Å². The summed E-state index contributed by atoms with van der Waals surface area (Å²) in [4.78, 5) is 0. The van der Waals surface area contributed by atoms with Gasteiger partial charge in [0, 0.05) is 46.9 Å². The van der Waals surface area contributed by atoms with Gasteiger partial charge in [-0.3, -0.25) is 0 Å². The van der Waals surface area contributed by atoms with E-state index in [1.807, 2.05) is 24.3 Å². The molecule has 4 aromatic carbocycles. The normalized spacial score (nSPS) is 24.0. The van der Waals surface area contributed by atoms with Crippen molar-refractivity contribution < 1.29 is 48.1 Å². The Hall–Kier alpha value is -4.80. The van der Waals surface area contributed by atoms with E-state index in [4.69, 9.17) is 37.9 Å². The van der Waals surface area contributed by atoms with Gasteiger partial charge in [-0.15, -0.1) is 0 Å². The lowest BCUT2D eigenvalue weighted by Crippen LogP contribution is -2.57. The smallest absolute Gasteiger partial charge is 0.305 e. The van der Waals surface area contributed by atoms with E-state index in [9.17, 15) is 10.2 Å². The highest BCUT2D eigenvalue weighted by Crippen LogP contribution is 2.62. The van der Waals surface area contributed by atoms with Crippen LogP contribution in [0.5, 0.6) is 46.0 Å². The minimum atomic E-state index is -1.66. The Balaban J connectivity index is 1.47. The van der Waals surface area contributed by atoms with Crippen molar-refractivity contribution in [3.05, 3.63) is 94.5 Å². The number of ether oxygens (including phenoxy) is 8. The maximum absolute atomic E-state index is 12.4. The van der Waals surface area contributed by atoms with Gasteiger partial charge in [-0.2, -0.15) is 0 Å². The average Bonchev–Trinajstić information content (AvgIpc) is 3.07. The molecule has 0 spiro atoms. The molecule has 0 aromatic heterocycles. The van der Waals surface area contributed by atoms with Crippen LogP contribution >= 0.6 is 0 Å². The molecule has 2 N–H and O–H groups in total. The van der Waals surface area contributed by atoms with Crippen LogP contribution in [0.4, 0.5) is 0 Å². The average molecular weight is 615 g/mol. The van der Waals surface area contributed by atoms with Crippen molar-refractivity contribution in [1.29, 1.82) is 0 Å². The summed E-state index contributed by atoms with van der Waals surface area (Å²) in [6.45, 7) is 0. The van der Waals surface area contributed by atoms with E-state index < -0.39 is 30.0 Å². The van der Waals surface area contributed by atoms with Gasteiger partial charge in [0.05, 0.1) is 47.6 Å². The second kappa shape index (κ2) is 11.0. The second-order valence-corrected chi connectivity index (χ2v) is 11.1. The van der Waals surface area contributed by atoms with Gasteiger partial charge in [0.25, 0.3) is 0 Å². The first-order valence-corrected chi connectivity index (χ1v) is 14.5. The number of hydrogen-bond donors (Lipinski definition) is 2. The highest BCUT2D eigenvalue weighted by atomic mass is 16.7. The van der Waals surface area contributed by atoms with Crippen LogP contribution in [0.3, 0.4) is 0 Å². The van der Waals surface area contributed by atoms with Gasteiger partial charge < -0.3 is 48.1 Å². The van der Waals surface area contributed by atoms with Crippen LogP contribution in [0.2, 0.25) is 0 Å². The molecule has 0 saturated carbocycles. The van der Waals surface area contributed by atoms with Gasteiger partial charge in [0.2, 0.25) is 0 Å². The molecule has 0 radical (unpaired) electrons. The van der Waals surface area contributed by atoms with Crippen molar-refractivity contribution >= 4 is 0 Å². The van der Waals surface area contributed by atoms with Crippen molar-refractivity contribution in [2.45, 2.75) is 36.4 Å². The fourth-order valence-corrected chi connectivity index (χ4v) is 6.68. The molecule has 7 rings (SSSR count). The third-order valence-corrected chi connectivity index (χ3v) is 8.89. The minimum Gasteiger partial charge on any atom is -0.497 e. The van der Waals surface area contributed by atoms with Crippen molar-refractivity contribution in [3.63, 3.8) is 0 Å². The molecule has 3 heterocycles. The van der Waals surface area contributed by atoms with E-state index in [0.29, 0.717) is 68.2 Å². The molecule has 0 fully saturated rings. The topological polar surface area (TPSA) is 114 Å². The van der Waals surface area contributed by atoms with Crippen molar-refractivity contribution in [2.24, 2.45) is 0 Å². The number of hydrogen-bond acceptors (Lipinski definition) is 10. The summed E-state index contributed by atoms with van der Waals surface area (Å²) < 4.78 is 48.0. The fraction of sp³-hybridized carbons (Fsp3) is 0.314. The Labute approximate surface area is 260 Å². The predicted molar refractivity (Wildman–Crippen MR) is 162 cm³/mol. The number of methoxy groups -OCH3 is 5. The van der Waals surface area contributed by atoms with E-state index in [1.165, 1.54) is 0 Å². The molecule has 0 saturated heterocycles. The Bertz CT molecular complexity index is 1740. The van der Waals surface area contributed by atoms with Crippen molar-refractivity contribution in [3.8, 4) is 46.0 Å². The third-order valence-electron chi connectivity index (χ3n) is 8.89. The Morgan fingerprint density at radius 2 is 1.27 bits per heavy atom. The van der Waals surface area contributed by atoms with Gasteiger partial charge in [0.1, 0.15) is 58.2 Å². The summed E-state index contributed by atoms with van der Waals surface area (Å²) in [6, 6.07) is 19.8. The Morgan fingerprint density at radius 3 is 1.87 bits per heavy atom. The van der Waals surface area contributed by atoms with E-state index >= 15 is 0 Å². The molecule has 5 atom stereocenters. The largest absolute Gasteiger partial charge is 0.497 e. The van der Waals surface area contributed by atoms with E-state index in [2.05, 4.69) is 0 Å². The van der Waals surface area contributed by atoms with Gasteiger partial charge >= 0.3 is 5.79 Å². The summed E-state index contributed by atoms with van der Waals surface area (Å²) >= 11 is 0. The second-order valence-electron chi connectivity index (χ2n) is 11.1. The molecule has 45 heavy (non-hydrogen) atoms. The molecule has 234 valence electrons. The van der Waals surface area contributed by atoms with Gasteiger partial charge in [-0.05, 0) is 42.0 Å². The van der Waals surface area contributed by atoms with Crippen LogP contribution in [0, 0.1) is 0 Å². The first-order valence-electron chi connectivity index (χ1n) is 14.5. The number of rotatable bonds is 7. The van der Waals surface area contributed by atoms with Crippen LogP contribution in [0.15, 0.2) is 66.7 Å². The Morgan fingerprint density at radius 1 is 0.667 bits per heavy atom. The quantitative estimate of drug-likeness (QED) is 0.298. The minimum absolute atomic E-state index is 0.248. The predicted octanol–water partition coefficient (Wildman–Crippen LogP) is 4.90. The molecule has 3 aliphatic heterocycles. The summed E-state index contributed by atoms with van der Waals surface area (Å²) in [5.41, 5.74) is 3.22. The molecule has 4 aromatic rings. The van der Waals surface area contributed by atoms with E-state index in [-0.39, 0.29) is 6.42 Å². The van der Waals surface area contributed by atoms with Crippen LogP contribution < -0.4 is 37.9 Å². The fourth-order valence-electron chi connectivity index (χ4n) is 6.68.